The van der Waals surface area contributed by atoms with Crippen molar-refractivity contribution in [2.45, 2.75) is 12.7 Å². The van der Waals surface area contributed by atoms with E-state index in [1.807, 2.05) is 30.5 Å². The Labute approximate surface area is 165 Å². The lowest BCUT2D eigenvalue weighted by atomic mass is 10.1. The highest BCUT2D eigenvalue weighted by molar-refractivity contribution is 7.97. The number of hydrogen-bond acceptors (Lipinski definition) is 5. The molecule has 4 aromatic rings. The van der Waals surface area contributed by atoms with Crippen molar-refractivity contribution in [1.82, 2.24) is 9.97 Å². The Bertz CT molecular complexity index is 1160. The fourth-order valence-corrected chi connectivity index (χ4v) is 3.56. The zero-order chi connectivity index (χ0) is 19.7. The van der Waals surface area contributed by atoms with Crippen LogP contribution in [0.4, 0.5) is 20.4 Å². The van der Waals surface area contributed by atoms with Crippen LogP contribution in [0.1, 0.15) is 11.3 Å². The number of nitrogens with one attached hydrogen (secondary N) is 1. The van der Waals surface area contributed by atoms with Crippen molar-refractivity contribution < 1.29 is 13.2 Å². The van der Waals surface area contributed by atoms with E-state index in [0.717, 1.165) is 23.2 Å². The summed E-state index contributed by atoms with van der Waals surface area (Å²) in [6.07, 6.45) is 3.14. The fourth-order valence-electron chi connectivity index (χ4n) is 3.05. The van der Waals surface area contributed by atoms with E-state index in [9.17, 15) is 8.78 Å². The van der Waals surface area contributed by atoms with Crippen LogP contribution in [0.2, 0.25) is 0 Å². The predicted molar refractivity (Wildman–Crippen MR) is 109 cm³/mol. The van der Waals surface area contributed by atoms with Crippen molar-refractivity contribution in [3.63, 3.8) is 0 Å². The number of rotatable bonds is 5. The van der Waals surface area contributed by atoms with Gasteiger partial charge in [0.25, 0.3) is 0 Å². The summed E-state index contributed by atoms with van der Waals surface area (Å²) in [5.74, 6) is 0.645. The molecule has 0 spiro atoms. The molecule has 0 radical (unpaired) electrons. The molecule has 0 amide bonds. The molecule has 4 rings (SSSR count). The Hall–Kier alpha value is -2.93. The zero-order valence-electron chi connectivity index (χ0n) is 15.3. The topological polar surface area (TPSA) is 51.0 Å². The van der Waals surface area contributed by atoms with Gasteiger partial charge in [-0.15, -0.1) is 0 Å². The van der Waals surface area contributed by atoms with Crippen LogP contribution < -0.4 is 5.32 Å². The van der Waals surface area contributed by atoms with Crippen LogP contribution in [0.5, 0.6) is 0 Å². The SMILES string of the molecule is CSCc1cccc(Nc2ncc(F)c(-c3ccc(F)c4cc(C)oc34)n2)c1. The molecule has 0 atom stereocenters. The van der Waals surface area contributed by atoms with Crippen molar-refractivity contribution in [2.24, 2.45) is 0 Å². The van der Waals surface area contributed by atoms with E-state index in [1.165, 1.54) is 12.1 Å². The van der Waals surface area contributed by atoms with Gasteiger partial charge in [0, 0.05) is 17.0 Å². The molecule has 2 aromatic carbocycles. The van der Waals surface area contributed by atoms with Gasteiger partial charge in [-0.05, 0) is 49.1 Å². The van der Waals surface area contributed by atoms with Gasteiger partial charge in [0.05, 0.1) is 11.6 Å². The molecule has 28 heavy (non-hydrogen) atoms. The number of benzene rings is 2. The quantitative estimate of drug-likeness (QED) is 0.442. The average molecular weight is 397 g/mol. The van der Waals surface area contributed by atoms with Crippen LogP contribution in [0.3, 0.4) is 0 Å². The van der Waals surface area contributed by atoms with Gasteiger partial charge in [0.15, 0.2) is 5.82 Å². The Morgan fingerprint density at radius 3 is 2.79 bits per heavy atom. The number of thioether (sulfide) groups is 1. The summed E-state index contributed by atoms with van der Waals surface area (Å²) >= 11 is 1.73. The van der Waals surface area contributed by atoms with E-state index in [2.05, 4.69) is 15.3 Å². The number of anilines is 2. The zero-order valence-corrected chi connectivity index (χ0v) is 16.1. The van der Waals surface area contributed by atoms with Crippen LogP contribution >= 0.6 is 11.8 Å². The van der Waals surface area contributed by atoms with Crippen molar-refractivity contribution in [3.05, 3.63) is 71.6 Å². The van der Waals surface area contributed by atoms with E-state index in [-0.39, 0.29) is 17.2 Å². The maximum absolute atomic E-state index is 14.5. The smallest absolute Gasteiger partial charge is 0.227 e. The second-order valence-corrected chi connectivity index (χ2v) is 7.21. The molecule has 7 heteroatoms. The van der Waals surface area contributed by atoms with Crippen LogP contribution in [-0.4, -0.2) is 16.2 Å². The van der Waals surface area contributed by atoms with Gasteiger partial charge in [-0.1, -0.05) is 12.1 Å². The van der Waals surface area contributed by atoms with Gasteiger partial charge in [-0.2, -0.15) is 11.8 Å². The maximum atomic E-state index is 14.5. The normalized spacial score (nSPS) is 11.1. The molecule has 0 aliphatic carbocycles. The van der Waals surface area contributed by atoms with Crippen LogP contribution in [-0.2, 0) is 5.75 Å². The molecule has 2 aromatic heterocycles. The molecule has 0 aliphatic heterocycles. The Balaban J connectivity index is 1.74. The summed E-state index contributed by atoms with van der Waals surface area (Å²) in [5, 5.41) is 3.40. The summed E-state index contributed by atoms with van der Waals surface area (Å²) in [5.41, 5.74) is 2.66. The standard InChI is InChI=1S/C21H17F2N3OS/c1-12-8-16-17(22)7-6-15(20(16)27-12)19-18(23)10-24-21(26-19)25-14-5-3-4-13(9-14)11-28-2/h3-10H,11H2,1-2H3,(H,24,25,26). The fraction of sp³-hybridized carbons (Fsp3) is 0.143. The minimum atomic E-state index is -0.608. The number of nitrogens with zero attached hydrogens (tertiary/aromatic N) is 2. The predicted octanol–water partition coefficient (Wildman–Crippen LogP) is 6.08. The summed E-state index contributed by atoms with van der Waals surface area (Å²) < 4.78 is 34.2. The van der Waals surface area contributed by atoms with Crippen LogP contribution in [0.25, 0.3) is 22.2 Å². The number of hydrogen-bond donors (Lipinski definition) is 1. The molecular weight excluding hydrogens is 380 g/mol. The van der Waals surface area contributed by atoms with E-state index in [0.29, 0.717) is 16.7 Å². The minimum absolute atomic E-state index is 0.0529. The molecule has 0 saturated carbocycles. The third kappa shape index (κ3) is 3.57. The first-order valence-corrected chi connectivity index (χ1v) is 10.0. The molecular formula is C21H17F2N3OS. The molecule has 1 N–H and O–H groups in total. The van der Waals surface area contributed by atoms with Gasteiger partial charge >= 0.3 is 0 Å². The first kappa shape index (κ1) is 18.4. The highest BCUT2D eigenvalue weighted by atomic mass is 32.2. The largest absolute Gasteiger partial charge is 0.461 e. The summed E-state index contributed by atoms with van der Waals surface area (Å²) in [6.45, 7) is 1.72. The molecule has 0 fully saturated rings. The van der Waals surface area contributed by atoms with Crippen molar-refractivity contribution in [1.29, 1.82) is 0 Å². The Morgan fingerprint density at radius 1 is 1.11 bits per heavy atom. The number of halogens is 2. The number of aromatic nitrogens is 2. The third-order valence-corrected chi connectivity index (χ3v) is 4.87. The number of fused-ring (bicyclic) bond motifs is 1. The van der Waals surface area contributed by atoms with Gasteiger partial charge < -0.3 is 9.73 Å². The molecule has 2 heterocycles. The molecule has 142 valence electrons. The highest BCUT2D eigenvalue weighted by Crippen LogP contribution is 2.33. The van der Waals surface area contributed by atoms with Gasteiger partial charge in [0.1, 0.15) is 22.9 Å². The van der Waals surface area contributed by atoms with Crippen molar-refractivity contribution in [2.75, 3.05) is 11.6 Å². The van der Waals surface area contributed by atoms with Crippen molar-refractivity contribution in [3.8, 4) is 11.3 Å². The molecule has 0 saturated heterocycles. The second-order valence-electron chi connectivity index (χ2n) is 6.34. The lowest BCUT2D eigenvalue weighted by molar-refractivity contribution is 0.576. The molecule has 4 nitrogen and oxygen atoms in total. The average Bonchev–Trinajstić information content (AvgIpc) is 3.07. The number of aryl methyl sites for hydroxylation is 1. The molecule has 0 bridgehead atoms. The van der Waals surface area contributed by atoms with Crippen LogP contribution in [0, 0.1) is 18.6 Å². The highest BCUT2D eigenvalue weighted by Gasteiger charge is 2.17. The first-order valence-electron chi connectivity index (χ1n) is 8.61. The minimum Gasteiger partial charge on any atom is -0.461 e. The van der Waals surface area contributed by atoms with Gasteiger partial charge in [0.2, 0.25) is 5.95 Å². The summed E-state index contributed by atoms with van der Waals surface area (Å²) in [6, 6.07) is 12.2. The van der Waals surface area contributed by atoms with E-state index < -0.39 is 11.6 Å². The summed E-state index contributed by atoms with van der Waals surface area (Å²) in [7, 11) is 0. The third-order valence-electron chi connectivity index (χ3n) is 4.25. The van der Waals surface area contributed by atoms with E-state index in [1.54, 1.807) is 24.8 Å². The molecule has 0 aliphatic rings. The van der Waals surface area contributed by atoms with E-state index >= 15 is 0 Å². The molecule has 0 unspecified atom stereocenters. The number of furan rings is 1. The Kier molecular flexibility index (Phi) is 5.00. The van der Waals surface area contributed by atoms with E-state index in [4.69, 9.17) is 4.42 Å². The summed E-state index contributed by atoms with van der Waals surface area (Å²) in [4.78, 5) is 8.35. The lowest BCUT2D eigenvalue weighted by Gasteiger charge is -2.09. The monoisotopic (exact) mass is 397 g/mol. The van der Waals surface area contributed by atoms with Crippen molar-refractivity contribution >= 4 is 34.4 Å². The second kappa shape index (κ2) is 7.59. The van der Waals surface area contributed by atoms with Gasteiger partial charge in [-0.3, -0.25) is 0 Å². The lowest BCUT2D eigenvalue weighted by Crippen LogP contribution is -2.01. The first-order chi connectivity index (χ1) is 13.5. The van der Waals surface area contributed by atoms with Crippen LogP contribution in [0.15, 0.2) is 53.1 Å². The van der Waals surface area contributed by atoms with Gasteiger partial charge in [-0.25, -0.2) is 18.7 Å². The maximum Gasteiger partial charge on any atom is 0.227 e. The Morgan fingerprint density at radius 2 is 1.96 bits per heavy atom.